The first-order valence-corrected chi connectivity index (χ1v) is 8.56. The summed E-state index contributed by atoms with van der Waals surface area (Å²) >= 11 is 1.53. The molecule has 0 aliphatic carbocycles. The highest BCUT2D eigenvalue weighted by molar-refractivity contribution is 8.00. The highest BCUT2D eigenvalue weighted by Gasteiger charge is 2.45. The van der Waals surface area contributed by atoms with E-state index >= 15 is 0 Å². The van der Waals surface area contributed by atoms with Crippen molar-refractivity contribution in [1.82, 2.24) is 9.80 Å². The van der Waals surface area contributed by atoms with Gasteiger partial charge >= 0.3 is 12.0 Å². The van der Waals surface area contributed by atoms with Gasteiger partial charge in [-0.3, -0.25) is 4.90 Å². The van der Waals surface area contributed by atoms with Crippen LogP contribution in [0.2, 0.25) is 0 Å². The van der Waals surface area contributed by atoms with Gasteiger partial charge in [0.15, 0.2) is 0 Å². The summed E-state index contributed by atoms with van der Waals surface area (Å²) in [5, 5.41) is 18.7. The van der Waals surface area contributed by atoms with Crippen molar-refractivity contribution in [2.45, 2.75) is 50.6 Å². The second-order valence-corrected chi connectivity index (χ2v) is 7.19. The molecule has 7 heteroatoms. The Kier molecular flexibility index (Phi) is 5.37. The maximum Gasteiger partial charge on any atom is 0.327 e. The van der Waals surface area contributed by atoms with Gasteiger partial charge in [-0.2, -0.15) is 0 Å². The molecule has 0 bridgehead atoms. The SMILES string of the molecule is CC(C)C1SCC(C(=O)O)N1C(=O)N1CCCCC1CO. The summed E-state index contributed by atoms with van der Waals surface area (Å²) < 4.78 is 0. The Balaban J connectivity index is 2.21. The lowest BCUT2D eigenvalue weighted by molar-refractivity contribution is -0.141. The number of hydrogen-bond donors (Lipinski definition) is 2. The molecule has 6 nitrogen and oxygen atoms in total. The molecule has 2 aliphatic heterocycles. The first-order valence-electron chi connectivity index (χ1n) is 7.51. The Labute approximate surface area is 129 Å². The van der Waals surface area contributed by atoms with Crippen molar-refractivity contribution >= 4 is 23.8 Å². The van der Waals surface area contributed by atoms with E-state index in [1.165, 1.54) is 16.7 Å². The first-order chi connectivity index (χ1) is 9.97. The fraction of sp³-hybridized carbons (Fsp3) is 0.857. The molecule has 0 spiro atoms. The van der Waals surface area contributed by atoms with E-state index in [1.54, 1.807) is 4.90 Å². The third-order valence-corrected chi connectivity index (χ3v) is 5.82. The standard InChI is InChI=1S/C14H24N2O4S/c1-9(2)12-16(11(8-21-12)13(18)19)14(20)15-6-4-3-5-10(15)7-17/h9-12,17H,3-8H2,1-2H3,(H,18,19). The lowest BCUT2D eigenvalue weighted by Crippen LogP contribution is -2.57. The zero-order valence-electron chi connectivity index (χ0n) is 12.6. The Hall–Kier alpha value is -0.950. The summed E-state index contributed by atoms with van der Waals surface area (Å²) in [6.45, 7) is 4.54. The zero-order valence-corrected chi connectivity index (χ0v) is 13.4. The number of amides is 2. The number of hydrogen-bond acceptors (Lipinski definition) is 4. The van der Waals surface area contributed by atoms with E-state index in [9.17, 15) is 19.8 Å². The van der Waals surface area contributed by atoms with Crippen LogP contribution >= 0.6 is 11.8 Å². The van der Waals surface area contributed by atoms with Crippen molar-refractivity contribution in [2.75, 3.05) is 18.9 Å². The number of carboxylic acids is 1. The average Bonchev–Trinajstić information content (AvgIpc) is 2.91. The smallest absolute Gasteiger partial charge is 0.327 e. The second-order valence-electron chi connectivity index (χ2n) is 6.04. The maximum absolute atomic E-state index is 12.9. The van der Waals surface area contributed by atoms with Crippen LogP contribution in [0.3, 0.4) is 0 Å². The molecule has 2 amide bonds. The molecule has 2 aliphatic rings. The van der Waals surface area contributed by atoms with Crippen molar-refractivity contribution in [1.29, 1.82) is 0 Å². The van der Waals surface area contributed by atoms with E-state index < -0.39 is 12.0 Å². The van der Waals surface area contributed by atoms with Gasteiger partial charge in [0.1, 0.15) is 6.04 Å². The Morgan fingerprint density at radius 1 is 1.33 bits per heavy atom. The van der Waals surface area contributed by atoms with Crippen LogP contribution in [0, 0.1) is 5.92 Å². The highest BCUT2D eigenvalue weighted by atomic mass is 32.2. The molecule has 21 heavy (non-hydrogen) atoms. The fourth-order valence-electron chi connectivity index (χ4n) is 3.06. The third-order valence-electron chi connectivity index (χ3n) is 4.19. The summed E-state index contributed by atoms with van der Waals surface area (Å²) in [6, 6.07) is -1.18. The molecule has 2 fully saturated rings. The normalized spacial score (nSPS) is 30.0. The summed E-state index contributed by atoms with van der Waals surface area (Å²) in [4.78, 5) is 27.5. The quantitative estimate of drug-likeness (QED) is 0.823. The lowest BCUT2D eigenvalue weighted by atomic mass is 10.0. The van der Waals surface area contributed by atoms with Crippen LogP contribution in [0.1, 0.15) is 33.1 Å². The fourth-order valence-corrected chi connectivity index (χ4v) is 4.53. The largest absolute Gasteiger partial charge is 0.480 e. The Morgan fingerprint density at radius 3 is 2.62 bits per heavy atom. The van der Waals surface area contributed by atoms with Gasteiger partial charge in [-0.15, -0.1) is 11.8 Å². The first kappa shape index (κ1) is 16.4. The van der Waals surface area contributed by atoms with E-state index in [-0.39, 0.29) is 30.0 Å². The van der Waals surface area contributed by atoms with Crippen molar-refractivity contribution < 1.29 is 19.8 Å². The second kappa shape index (κ2) is 6.87. The van der Waals surface area contributed by atoms with E-state index in [0.717, 1.165) is 19.3 Å². The topological polar surface area (TPSA) is 81.1 Å². The van der Waals surface area contributed by atoms with Crippen LogP contribution in [0.15, 0.2) is 0 Å². The molecule has 120 valence electrons. The zero-order chi connectivity index (χ0) is 15.6. The van der Waals surface area contributed by atoms with Crippen LogP contribution in [0.5, 0.6) is 0 Å². The van der Waals surface area contributed by atoms with Gasteiger partial charge in [-0.1, -0.05) is 13.8 Å². The molecular formula is C14H24N2O4S. The molecule has 2 heterocycles. The molecule has 0 radical (unpaired) electrons. The van der Waals surface area contributed by atoms with Gasteiger partial charge in [-0.25, -0.2) is 9.59 Å². The molecule has 3 unspecified atom stereocenters. The van der Waals surface area contributed by atoms with Gasteiger partial charge in [0.2, 0.25) is 0 Å². The van der Waals surface area contributed by atoms with Gasteiger partial charge < -0.3 is 15.1 Å². The van der Waals surface area contributed by atoms with E-state index in [4.69, 9.17) is 0 Å². The minimum absolute atomic E-state index is 0.0587. The summed E-state index contributed by atoms with van der Waals surface area (Å²) in [7, 11) is 0. The summed E-state index contributed by atoms with van der Waals surface area (Å²) in [5.41, 5.74) is 0. The molecular weight excluding hydrogens is 292 g/mol. The number of aliphatic carboxylic acids is 1. The number of urea groups is 1. The van der Waals surface area contributed by atoms with E-state index in [0.29, 0.717) is 12.3 Å². The molecule has 0 saturated carbocycles. The number of thioether (sulfide) groups is 1. The highest BCUT2D eigenvalue weighted by Crippen LogP contribution is 2.35. The van der Waals surface area contributed by atoms with Crippen molar-refractivity contribution in [3.05, 3.63) is 0 Å². The molecule has 0 aromatic carbocycles. The predicted molar refractivity (Wildman–Crippen MR) is 81.2 cm³/mol. The number of nitrogens with zero attached hydrogens (tertiary/aromatic N) is 2. The molecule has 2 rings (SSSR count). The number of aliphatic hydroxyl groups is 1. The van der Waals surface area contributed by atoms with Crippen LogP contribution in [0.4, 0.5) is 4.79 Å². The number of carbonyl (C=O) groups excluding carboxylic acids is 1. The van der Waals surface area contributed by atoms with E-state index in [2.05, 4.69) is 0 Å². The van der Waals surface area contributed by atoms with Gasteiger partial charge in [0.25, 0.3) is 0 Å². The molecule has 2 N–H and O–H groups in total. The predicted octanol–water partition coefficient (Wildman–Crippen LogP) is 1.44. The molecule has 0 aromatic rings. The minimum Gasteiger partial charge on any atom is -0.480 e. The van der Waals surface area contributed by atoms with Gasteiger partial charge in [0, 0.05) is 12.3 Å². The van der Waals surface area contributed by atoms with E-state index in [1.807, 2.05) is 13.8 Å². The van der Waals surface area contributed by atoms with Crippen molar-refractivity contribution in [2.24, 2.45) is 5.92 Å². The average molecular weight is 316 g/mol. The lowest BCUT2D eigenvalue weighted by Gasteiger charge is -2.40. The van der Waals surface area contributed by atoms with Gasteiger partial charge in [-0.05, 0) is 25.2 Å². The Bertz CT molecular complexity index is 404. The van der Waals surface area contributed by atoms with Gasteiger partial charge in [0.05, 0.1) is 18.0 Å². The molecule has 2 saturated heterocycles. The summed E-state index contributed by atoms with van der Waals surface area (Å²) in [5.74, 6) is -0.320. The maximum atomic E-state index is 12.9. The van der Waals surface area contributed by atoms with Crippen LogP contribution in [-0.2, 0) is 4.79 Å². The number of carbonyl (C=O) groups is 2. The number of rotatable bonds is 3. The Morgan fingerprint density at radius 2 is 2.05 bits per heavy atom. The van der Waals surface area contributed by atoms with Crippen LogP contribution in [0.25, 0.3) is 0 Å². The van der Waals surface area contributed by atoms with Crippen molar-refractivity contribution in [3.63, 3.8) is 0 Å². The number of piperidine rings is 1. The molecule has 3 atom stereocenters. The number of aliphatic hydroxyl groups excluding tert-OH is 1. The van der Waals surface area contributed by atoms with Crippen LogP contribution < -0.4 is 0 Å². The number of carboxylic acid groups (broad SMARTS) is 1. The monoisotopic (exact) mass is 316 g/mol. The number of likely N-dealkylation sites (tertiary alicyclic amines) is 1. The van der Waals surface area contributed by atoms with Crippen LogP contribution in [-0.4, -0.2) is 68.4 Å². The van der Waals surface area contributed by atoms with Crippen molar-refractivity contribution in [3.8, 4) is 0 Å². The minimum atomic E-state index is -0.948. The summed E-state index contributed by atoms with van der Waals surface area (Å²) in [6.07, 6.45) is 2.69. The third kappa shape index (κ3) is 3.29. The molecule has 0 aromatic heterocycles.